The Hall–Kier alpha value is -1.56. The first-order valence-corrected chi connectivity index (χ1v) is 5.68. The molecule has 0 aromatic carbocycles. The molecule has 0 unspecified atom stereocenters. The first-order valence-electron chi connectivity index (χ1n) is 5.68. The van der Waals surface area contributed by atoms with Crippen LogP contribution in [0.2, 0.25) is 0 Å². The van der Waals surface area contributed by atoms with Crippen molar-refractivity contribution in [3.05, 3.63) is 0 Å². The summed E-state index contributed by atoms with van der Waals surface area (Å²) >= 11 is 0. The zero-order valence-corrected chi connectivity index (χ0v) is 11.0. The van der Waals surface area contributed by atoms with Gasteiger partial charge in [0.2, 0.25) is 0 Å². The third-order valence-corrected chi connectivity index (χ3v) is 1.76. The van der Waals surface area contributed by atoms with Gasteiger partial charge >= 0.3 is 24.3 Å². The molecule has 12 heteroatoms. The van der Waals surface area contributed by atoms with Crippen LogP contribution in [0, 0.1) is 0 Å². The van der Waals surface area contributed by atoms with Crippen LogP contribution in [-0.2, 0) is 28.5 Å². The maximum Gasteiger partial charge on any atom is 0.490 e. The number of hydrogen-bond donors (Lipinski definition) is 0. The van der Waals surface area contributed by atoms with Crippen LogP contribution >= 0.6 is 0 Å². The van der Waals surface area contributed by atoms with Gasteiger partial charge in [0.1, 0.15) is 13.2 Å². The predicted octanol–water partition coefficient (Wildman–Crippen LogP) is 1.23. The van der Waals surface area contributed by atoms with Gasteiger partial charge in [-0.25, -0.2) is 9.59 Å². The molecule has 0 radical (unpaired) electrons. The quantitative estimate of drug-likeness (QED) is 0.357. The van der Waals surface area contributed by atoms with E-state index in [4.69, 9.17) is 9.47 Å². The van der Waals surface area contributed by atoms with Gasteiger partial charge in [-0.2, -0.15) is 26.3 Å². The molecule has 0 bridgehead atoms. The average Bonchev–Trinajstić information content (AvgIpc) is 2.38. The molecular formula is C10H12F6O6. The standard InChI is InChI=1S/C10H12F6O6/c11-9(12,13)7(17)21-5-3-19-1-2-20-4-6-22-8(18)10(14,15)16/h1-6H2. The molecule has 0 N–H and O–H groups in total. The largest absolute Gasteiger partial charge is 0.490 e. The SMILES string of the molecule is O=C(OCCOCCOCCOC(=O)C(F)(F)F)C(F)(F)F. The molecule has 0 fully saturated rings. The fourth-order valence-corrected chi connectivity index (χ4v) is 0.872. The van der Waals surface area contributed by atoms with Gasteiger partial charge in [0.25, 0.3) is 0 Å². The number of alkyl halides is 6. The molecule has 0 aliphatic carbocycles. The predicted molar refractivity (Wildman–Crippen MR) is 55.7 cm³/mol. The minimum atomic E-state index is -5.07. The molecule has 0 aliphatic heterocycles. The van der Waals surface area contributed by atoms with E-state index in [-0.39, 0.29) is 26.4 Å². The van der Waals surface area contributed by atoms with Crippen LogP contribution in [0.5, 0.6) is 0 Å². The summed E-state index contributed by atoms with van der Waals surface area (Å²) in [4.78, 5) is 20.5. The van der Waals surface area contributed by atoms with Gasteiger partial charge in [-0.05, 0) is 0 Å². The van der Waals surface area contributed by atoms with Gasteiger partial charge in [-0.15, -0.1) is 0 Å². The number of carbonyl (C=O) groups excluding carboxylic acids is 2. The van der Waals surface area contributed by atoms with Crippen LogP contribution in [0.15, 0.2) is 0 Å². The van der Waals surface area contributed by atoms with Gasteiger partial charge < -0.3 is 18.9 Å². The molecule has 0 aromatic heterocycles. The summed E-state index contributed by atoms with van der Waals surface area (Å²) in [6.45, 7) is -2.04. The van der Waals surface area contributed by atoms with Gasteiger partial charge in [0.05, 0.1) is 26.4 Å². The summed E-state index contributed by atoms with van der Waals surface area (Å²) in [6, 6.07) is 0. The summed E-state index contributed by atoms with van der Waals surface area (Å²) in [7, 11) is 0. The molecule has 0 saturated heterocycles. The molecular weight excluding hydrogens is 330 g/mol. The Balaban J connectivity index is 3.38. The third kappa shape index (κ3) is 10.2. The van der Waals surface area contributed by atoms with Crippen molar-refractivity contribution in [1.29, 1.82) is 0 Å². The topological polar surface area (TPSA) is 71.1 Å². The summed E-state index contributed by atoms with van der Waals surface area (Å²) in [5.41, 5.74) is 0. The molecule has 0 atom stereocenters. The van der Waals surface area contributed by atoms with E-state index >= 15 is 0 Å². The van der Waals surface area contributed by atoms with Crippen molar-refractivity contribution in [3.63, 3.8) is 0 Å². The second-order valence-electron chi connectivity index (χ2n) is 3.49. The lowest BCUT2D eigenvalue weighted by Gasteiger charge is -2.09. The molecule has 0 spiro atoms. The van der Waals surface area contributed by atoms with E-state index < -0.39 is 37.5 Å². The molecule has 0 rings (SSSR count). The van der Waals surface area contributed by atoms with Crippen molar-refractivity contribution in [3.8, 4) is 0 Å². The van der Waals surface area contributed by atoms with E-state index in [1.165, 1.54) is 0 Å². The highest BCUT2D eigenvalue weighted by atomic mass is 19.4. The fourth-order valence-electron chi connectivity index (χ4n) is 0.872. The number of hydrogen-bond acceptors (Lipinski definition) is 6. The molecule has 22 heavy (non-hydrogen) atoms. The van der Waals surface area contributed by atoms with E-state index in [1.54, 1.807) is 0 Å². The van der Waals surface area contributed by atoms with Crippen molar-refractivity contribution < 1.29 is 54.9 Å². The second-order valence-corrected chi connectivity index (χ2v) is 3.49. The van der Waals surface area contributed by atoms with Crippen molar-refractivity contribution in [2.75, 3.05) is 39.6 Å². The van der Waals surface area contributed by atoms with Crippen molar-refractivity contribution in [1.82, 2.24) is 0 Å². The van der Waals surface area contributed by atoms with Gasteiger partial charge in [-0.3, -0.25) is 0 Å². The molecule has 0 saturated carbocycles. The molecule has 130 valence electrons. The fraction of sp³-hybridized carbons (Fsp3) is 0.800. The van der Waals surface area contributed by atoms with E-state index in [0.29, 0.717) is 0 Å². The highest BCUT2D eigenvalue weighted by molar-refractivity contribution is 5.75. The number of ether oxygens (including phenoxy) is 4. The Labute approximate surface area is 120 Å². The first-order chi connectivity index (χ1) is 10.0. The molecule has 0 aromatic rings. The molecule has 0 aliphatic rings. The maximum absolute atomic E-state index is 11.7. The van der Waals surface area contributed by atoms with Gasteiger partial charge in [0.15, 0.2) is 0 Å². The smallest absolute Gasteiger partial charge is 0.457 e. The Morgan fingerprint density at radius 3 is 1.14 bits per heavy atom. The lowest BCUT2D eigenvalue weighted by atomic mass is 10.6. The third-order valence-electron chi connectivity index (χ3n) is 1.76. The van der Waals surface area contributed by atoms with E-state index in [9.17, 15) is 35.9 Å². The highest BCUT2D eigenvalue weighted by Gasteiger charge is 2.41. The minimum absolute atomic E-state index is 0.100. The normalized spacial score (nSPS) is 12.1. The number of esters is 2. The lowest BCUT2D eigenvalue weighted by Crippen LogP contribution is -2.27. The summed E-state index contributed by atoms with van der Waals surface area (Å²) in [6.07, 6.45) is -10.1. The van der Waals surface area contributed by atoms with Crippen LogP contribution < -0.4 is 0 Å². The average molecular weight is 342 g/mol. The Morgan fingerprint density at radius 2 is 0.864 bits per heavy atom. The molecule has 6 nitrogen and oxygen atoms in total. The zero-order valence-electron chi connectivity index (χ0n) is 11.0. The zero-order chi connectivity index (χ0) is 17.2. The van der Waals surface area contributed by atoms with Crippen LogP contribution in [0.4, 0.5) is 26.3 Å². The van der Waals surface area contributed by atoms with Crippen molar-refractivity contribution in [2.45, 2.75) is 12.4 Å². The minimum Gasteiger partial charge on any atom is -0.457 e. The Kier molecular flexibility index (Phi) is 8.79. The molecule has 0 heterocycles. The summed E-state index contributed by atoms with van der Waals surface area (Å²) < 4.78 is 87.2. The molecule has 0 amide bonds. The van der Waals surface area contributed by atoms with Crippen molar-refractivity contribution in [2.24, 2.45) is 0 Å². The van der Waals surface area contributed by atoms with Gasteiger partial charge in [-0.1, -0.05) is 0 Å². The lowest BCUT2D eigenvalue weighted by molar-refractivity contribution is -0.201. The number of carbonyl (C=O) groups is 2. The van der Waals surface area contributed by atoms with E-state index in [1.807, 2.05) is 0 Å². The van der Waals surface area contributed by atoms with Crippen LogP contribution in [-0.4, -0.2) is 63.9 Å². The summed E-state index contributed by atoms with van der Waals surface area (Å²) in [5, 5.41) is 0. The monoisotopic (exact) mass is 342 g/mol. The van der Waals surface area contributed by atoms with E-state index in [2.05, 4.69) is 9.47 Å². The first kappa shape index (κ1) is 20.4. The Bertz CT molecular complexity index is 319. The Morgan fingerprint density at radius 1 is 0.591 bits per heavy atom. The van der Waals surface area contributed by atoms with Crippen LogP contribution in [0.25, 0.3) is 0 Å². The van der Waals surface area contributed by atoms with E-state index in [0.717, 1.165) is 0 Å². The summed E-state index contributed by atoms with van der Waals surface area (Å²) in [5.74, 6) is -4.67. The van der Waals surface area contributed by atoms with Gasteiger partial charge in [0, 0.05) is 0 Å². The number of rotatable bonds is 9. The second kappa shape index (κ2) is 9.46. The van der Waals surface area contributed by atoms with Crippen molar-refractivity contribution >= 4 is 11.9 Å². The highest BCUT2D eigenvalue weighted by Crippen LogP contribution is 2.16. The van der Waals surface area contributed by atoms with Crippen LogP contribution in [0.3, 0.4) is 0 Å². The maximum atomic E-state index is 11.7. The number of halogens is 6. The van der Waals surface area contributed by atoms with Crippen LogP contribution in [0.1, 0.15) is 0 Å².